The van der Waals surface area contributed by atoms with E-state index in [4.69, 9.17) is 18.9 Å². The zero-order valence-electron chi connectivity index (χ0n) is 27.2. The smallest absolute Gasteiger partial charge is 0.220 e. The van der Waals surface area contributed by atoms with E-state index in [9.17, 15) is 9.59 Å². The van der Waals surface area contributed by atoms with Gasteiger partial charge < -0.3 is 29.6 Å². The van der Waals surface area contributed by atoms with Gasteiger partial charge in [-0.3, -0.25) is 9.59 Å². The van der Waals surface area contributed by atoms with Crippen LogP contribution in [-0.2, 0) is 22.4 Å². The molecular formula is C39H44N2O6. The summed E-state index contributed by atoms with van der Waals surface area (Å²) in [6.45, 7) is 2.61. The fourth-order valence-corrected chi connectivity index (χ4v) is 5.83. The summed E-state index contributed by atoms with van der Waals surface area (Å²) in [5.41, 5.74) is 4.79. The summed E-state index contributed by atoms with van der Waals surface area (Å²) in [7, 11) is 3.28. The van der Waals surface area contributed by atoms with E-state index in [1.807, 2.05) is 60.7 Å². The third-order valence-corrected chi connectivity index (χ3v) is 8.47. The van der Waals surface area contributed by atoms with E-state index < -0.39 is 0 Å². The van der Waals surface area contributed by atoms with Crippen LogP contribution in [0.15, 0.2) is 97.1 Å². The first-order valence-electron chi connectivity index (χ1n) is 16.2. The zero-order chi connectivity index (χ0) is 32.8. The van der Waals surface area contributed by atoms with Crippen LogP contribution < -0.4 is 29.6 Å². The zero-order valence-corrected chi connectivity index (χ0v) is 27.2. The van der Waals surface area contributed by atoms with Crippen molar-refractivity contribution in [2.45, 2.75) is 43.9 Å². The monoisotopic (exact) mass is 636 g/mol. The van der Waals surface area contributed by atoms with Gasteiger partial charge in [-0.2, -0.15) is 0 Å². The van der Waals surface area contributed by atoms with Crippen molar-refractivity contribution in [2.75, 3.05) is 40.5 Å². The second kappa shape index (κ2) is 17.1. The van der Waals surface area contributed by atoms with E-state index in [1.54, 1.807) is 14.2 Å². The van der Waals surface area contributed by atoms with Crippen molar-refractivity contribution in [3.63, 3.8) is 0 Å². The lowest BCUT2D eigenvalue weighted by Crippen LogP contribution is -2.13. The van der Waals surface area contributed by atoms with Crippen molar-refractivity contribution in [2.24, 2.45) is 0 Å². The lowest BCUT2D eigenvalue weighted by molar-refractivity contribution is -0.120. The lowest BCUT2D eigenvalue weighted by Gasteiger charge is -2.14. The highest BCUT2D eigenvalue weighted by Crippen LogP contribution is 2.34. The molecule has 2 saturated heterocycles. The van der Waals surface area contributed by atoms with Gasteiger partial charge in [0.1, 0.15) is 0 Å². The molecule has 8 nitrogen and oxygen atoms in total. The van der Waals surface area contributed by atoms with Crippen molar-refractivity contribution in [3.05, 3.63) is 119 Å². The average Bonchev–Trinajstić information content (AvgIpc) is 3.76. The topological polar surface area (TPSA) is 95.1 Å². The first kappa shape index (κ1) is 33.4. The third-order valence-electron chi connectivity index (χ3n) is 8.47. The largest absolute Gasteiger partial charge is 0.493 e. The summed E-state index contributed by atoms with van der Waals surface area (Å²) in [5.74, 6) is 3.59. The van der Waals surface area contributed by atoms with Crippen molar-refractivity contribution in [1.82, 2.24) is 10.6 Å². The van der Waals surface area contributed by atoms with Gasteiger partial charge in [-0.05, 0) is 59.4 Å². The molecule has 2 aliphatic rings. The maximum atomic E-state index is 11.4. The van der Waals surface area contributed by atoms with Crippen LogP contribution in [0.25, 0.3) is 0 Å². The average molecular weight is 637 g/mol. The standard InChI is InChI=1S/C20H23NO3.C19H21NO3/c1-23-18-10-9-16(17-13-20(22)21-14-17)12-19(18)24-11-5-8-15-6-3-2-4-7-15;1-22-17-8-7-15(16-12-19(21)20-13-16)11-18(17)23-10-9-14-5-3-2-4-6-14/h2-4,6-7,9-10,12,17H,5,8,11,13-14H2,1H3,(H,21,22);2-8,11,16H,9-10,12-13H2,1H3,(H,20,21). The molecule has 6 rings (SSSR count). The van der Waals surface area contributed by atoms with Crippen molar-refractivity contribution >= 4 is 11.8 Å². The predicted octanol–water partition coefficient (Wildman–Crippen LogP) is 6.23. The van der Waals surface area contributed by atoms with E-state index in [2.05, 4.69) is 47.0 Å². The molecular weight excluding hydrogens is 592 g/mol. The van der Waals surface area contributed by atoms with E-state index in [-0.39, 0.29) is 23.7 Å². The number of rotatable bonds is 13. The van der Waals surface area contributed by atoms with Crippen LogP contribution in [0, 0.1) is 0 Å². The first-order valence-corrected chi connectivity index (χ1v) is 16.2. The summed E-state index contributed by atoms with van der Waals surface area (Å²) in [6, 6.07) is 32.5. The number of hydrogen-bond acceptors (Lipinski definition) is 6. The second-order valence-electron chi connectivity index (χ2n) is 11.8. The van der Waals surface area contributed by atoms with E-state index >= 15 is 0 Å². The lowest BCUT2D eigenvalue weighted by atomic mass is 9.98. The SMILES string of the molecule is COc1ccc(C2CNC(=O)C2)cc1OCCCc1ccccc1.COc1ccc(C2CNC(=O)C2)cc1OCCc1ccccc1. The van der Waals surface area contributed by atoms with Gasteiger partial charge in [-0.15, -0.1) is 0 Å². The summed E-state index contributed by atoms with van der Waals surface area (Å²) in [6.07, 6.45) is 3.86. The molecule has 0 saturated carbocycles. The van der Waals surface area contributed by atoms with Crippen LogP contribution in [0.4, 0.5) is 0 Å². The number of carbonyl (C=O) groups is 2. The Labute approximate surface area is 277 Å². The molecule has 2 atom stereocenters. The molecule has 0 spiro atoms. The van der Waals surface area contributed by atoms with Crippen LogP contribution in [0.3, 0.4) is 0 Å². The molecule has 2 fully saturated rings. The molecule has 4 aromatic rings. The van der Waals surface area contributed by atoms with Crippen LogP contribution in [0.2, 0.25) is 0 Å². The molecule has 2 heterocycles. The quantitative estimate of drug-likeness (QED) is 0.169. The van der Waals surface area contributed by atoms with Crippen molar-refractivity contribution < 1.29 is 28.5 Å². The highest BCUT2D eigenvalue weighted by Gasteiger charge is 2.25. The molecule has 8 heteroatoms. The molecule has 2 aliphatic heterocycles. The van der Waals surface area contributed by atoms with Gasteiger partial charge in [-0.1, -0.05) is 72.8 Å². The Morgan fingerprint density at radius 3 is 1.49 bits per heavy atom. The number of ether oxygens (including phenoxy) is 4. The van der Waals surface area contributed by atoms with E-state index in [0.29, 0.717) is 39.1 Å². The Kier molecular flexibility index (Phi) is 12.1. The summed E-state index contributed by atoms with van der Waals surface area (Å²) in [5, 5.41) is 5.75. The maximum absolute atomic E-state index is 11.4. The van der Waals surface area contributed by atoms with Crippen LogP contribution in [0.5, 0.6) is 23.0 Å². The molecule has 0 aliphatic carbocycles. The van der Waals surface area contributed by atoms with Crippen molar-refractivity contribution in [1.29, 1.82) is 0 Å². The number of benzene rings is 4. The molecule has 0 bridgehead atoms. The minimum atomic E-state index is 0.109. The Morgan fingerprint density at radius 1 is 0.574 bits per heavy atom. The third kappa shape index (κ3) is 9.75. The Bertz CT molecular complexity index is 1590. The molecule has 2 amide bonds. The van der Waals surface area contributed by atoms with Gasteiger partial charge >= 0.3 is 0 Å². The van der Waals surface area contributed by atoms with Crippen LogP contribution >= 0.6 is 0 Å². The van der Waals surface area contributed by atoms with Crippen molar-refractivity contribution in [3.8, 4) is 23.0 Å². The van der Waals surface area contributed by atoms with Gasteiger partial charge in [0.25, 0.3) is 0 Å². The van der Waals surface area contributed by atoms with Gasteiger partial charge in [0, 0.05) is 44.2 Å². The fourth-order valence-electron chi connectivity index (χ4n) is 5.83. The van der Waals surface area contributed by atoms with Gasteiger partial charge in [-0.25, -0.2) is 0 Å². The molecule has 0 radical (unpaired) electrons. The highest BCUT2D eigenvalue weighted by molar-refractivity contribution is 5.80. The number of nitrogens with one attached hydrogen (secondary N) is 2. The molecule has 246 valence electrons. The normalized spacial score (nSPS) is 16.8. The minimum absolute atomic E-state index is 0.109. The van der Waals surface area contributed by atoms with Gasteiger partial charge in [0.2, 0.25) is 11.8 Å². The highest BCUT2D eigenvalue weighted by atomic mass is 16.5. The summed E-state index contributed by atoms with van der Waals surface area (Å²) < 4.78 is 22.6. The number of amides is 2. The first-order chi connectivity index (χ1) is 23.0. The Hall–Kier alpha value is -4.98. The Morgan fingerprint density at radius 2 is 1.04 bits per heavy atom. The number of hydrogen-bond donors (Lipinski definition) is 2. The molecule has 0 aromatic heterocycles. The molecule has 2 unspecified atom stereocenters. The van der Waals surface area contributed by atoms with Crippen LogP contribution in [-0.4, -0.2) is 52.3 Å². The molecule has 47 heavy (non-hydrogen) atoms. The van der Waals surface area contributed by atoms with E-state index in [1.165, 1.54) is 11.1 Å². The maximum Gasteiger partial charge on any atom is 0.220 e. The Balaban J connectivity index is 0.000000185. The van der Waals surface area contributed by atoms with Gasteiger partial charge in [0.05, 0.1) is 27.4 Å². The molecule has 4 aromatic carbocycles. The van der Waals surface area contributed by atoms with Crippen LogP contribution in [0.1, 0.15) is 53.4 Å². The fraction of sp³-hybridized carbons (Fsp3) is 0.333. The van der Waals surface area contributed by atoms with Gasteiger partial charge in [0.15, 0.2) is 23.0 Å². The predicted molar refractivity (Wildman–Crippen MR) is 183 cm³/mol. The number of carbonyl (C=O) groups excluding carboxylic acids is 2. The number of methoxy groups -OCH3 is 2. The summed E-state index contributed by atoms with van der Waals surface area (Å²) in [4.78, 5) is 22.8. The number of aryl methyl sites for hydroxylation is 1. The summed E-state index contributed by atoms with van der Waals surface area (Å²) >= 11 is 0. The second-order valence-corrected chi connectivity index (χ2v) is 11.8. The molecule has 2 N–H and O–H groups in total. The minimum Gasteiger partial charge on any atom is -0.493 e. The van der Waals surface area contributed by atoms with E-state index in [0.717, 1.165) is 53.4 Å².